The lowest BCUT2D eigenvalue weighted by atomic mass is 10.1. The minimum Gasteiger partial charge on any atom is -0.341 e. The van der Waals surface area contributed by atoms with Gasteiger partial charge in [0.05, 0.1) is 5.75 Å². The molecule has 1 aromatic heterocycles. The van der Waals surface area contributed by atoms with Gasteiger partial charge in [0.1, 0.15) is 0 Å². The Hall–Kier alpha value is -2.38. The standard InChI is InChI=1S/C20H22N4OS2/c1-3-15-9-11-17(12-10-15)21-19-22-23-20(27-19)26-14-18(25)24(2)13-16-7-5-4-6-8-16/h4-12H,3,13-14H2,1-2H3,(H,21,22). The number of benzene rings is 2. The van der Waals surface area contributed by atoms with E-state index in [0.29, 0.717) is 12.3 Å². The van der Waals surface area contributed by atoms with Crippen LogP contribution in [0.2, 0.25) is 0 Å². The maximum atomic E-state index is 12.3. The van der Waals surface area contributed by atoms with Crippen LogP contribution in [0.3, 0.4) is 0 Å². The van der Waals surface area contributed by atoms with Crippen molar-refractivity contribution >= 4 is 39.8 Å². The Bertz CT molecular complexity index is 865. The first-order chi connectivity index (χ1) is 13.1. The number of hydrogen-bond donors (Lipinski definition) is 1. The van der Waals surface area contributed by atoms with Crippen LogP contribution in [-0.4, -0.2) is 33.8 Å². The number of anilines is 2. The van der Waals surface area contributed by atoms with Crippen molar-refractivity contribution in [3.8, 4) is 0 Å². The molecule has 0 aliphatic rings. The highest BCUT2D eigenvalue weighted by atomic mass is 32.2. The lowest BCUT2D eigenvalue weighted by molar-refractivity contribution is -0.127. The lowest BCUT2D eigenvalue weighted by Gasteiger charge is -2.16. The van der Waals surface area contributed by atoms with Gasteiger partial charge in [-0.3, -0.25) is 4.79 Å². The molecule has 1 amide bonds. The molecule has 1 heterocycles. The van der Waals surface area contributed by atoms with Crippen LogP contribution in [0.4, 0.5) is 10.8 Å². The summed E-state index contributed by atoms with van der Waals surface area (Å²) in [7, 11) is 1.82. The fourth-order valence-corrected chi connectivity index (χ4v) is 4.16. The van der Waals surface area contributed by atoms with Crippen molar-refractivity contribution in [1.82, 2.24) is 15.1 Å². The molecule has 0 unspecified atom stereocenters. The monoisotopic (exact) mass is 398 g/mol. The molecule has 7 heteroatoms. The smallest absolute Gasteiger partial charge is 0.233 e. The Kier molecular flexibility index (Phi) is 6.84. The largest absolute Gasteiger partial charge is 0.341 e. The van der Waals surface area contributed by atoms with Gasteiger partial charge in [0.15, 0.2) is 4.34 Å². The van der Waals surface area contributed by atoms with E-state index in [0.717, 1.165) is 27.1 Å². The zero-order chi connectivity index (χ0) is 19.1. The highest BCUT2D eigenvalue weighted by Crippen LogP contribution is 2.28. The van der Waals surface area contributed by atoms with Crippen LogP contribution < -0.4 is 5.32 Å². The maximum Gasteiger partial charge on any atom is 0.233 e. The first kappa shape index (κ1) is 19.4. The van der Waals surface area contributed by atoms with Gasteiger partial charge in [0.2, 0.25) is 11.0 Å². The van der Waals surface area contributed by atoms with Gasteiger partial charge < -0.3 is 10.2 Å². The second kappa shape index (κ2) is 9.53. The fourth-order valence-electron chi connectivity index (χ4n) is 2.44. The van der Waals surface area contributed by atoms with E-state index in [1.165, 1.54) is 28.7 Å². The Morgan fingerprint density at radius 1 is 1.07 bits per heavy atom. The number of hydrogen-bond acceptors (Lipinski definition) is 6. The summed E-state index contributed by atoms with van der Waals surface area (Å²) in [5, 5.41) is 12.3. The molecule has 0 aliphatic carbocycles. The molecule has 0 fully saturated rings. The Morgan fingerprint density at radius 3 is 2.52 bits per heavy atom. The topological polar surface area (TPSA) is 58.1 Å². The van der Waals surface area contributed by atoms with E-state index in [2.05, 4.69) is 34.6 Å². The predicted molar refractivity (Wildman–Crippen MR) is 113 cm³/mol. The third kappa shape index (κ3) is 5.80. The summed E-state index contributed by atoms with van der Waals surface area (Å²) in [6, 6.07) is 18.2. The molecular formula is C20H22N4OS2. The van der Waals surface area contributed by atoms with Crippen molar-refractivity contribution < 1.29 is 4.79 Å². The van der Waals surface area contributed by atoms with Crippen LogP contribution in [0, 0.1) is 0 Å². The molecule has 0 aliphatic heterocycles. The predicted octanol–water partition coefficient (Wildman–Crippen LogP) is 4.59. The van der Waals surface area contributed by atoms with E-state index in [1.54, 1.807) is 4.90 Å². The molecule has 0 saturated carbocycles. The van der Waals surface area contributed by atoms with E-state index in [9.17, 15) is 4.79 Å². The molecule has 0 spiro atoms. The molecule has 2 aromatic carbocycles. The number of carbonyl (C=O) groups is 1. The molecule has 1 N–H and O–H groups in total. The zero-order valence-electron chi connectivity index (χ0n) is 15.4. The third-order valence-electron chi connectivity index (χ3n) is 4.03. The number of carbonyl (C=O) groups excluding carboxylic acids is 1. The summed E-state index contributed by atoms with van der Waals surface area (Å²) in [5.74, 6) is 0.423. The Labute approximate surface area is 167 Å². The number of aromatic nitrogens is 2. The van der Waals surface area contributed by atoms with Gasteiger partial charge in [-0.2, -0.15) is 0 Å². The summed E-state index contributed by atoms with van der Waals surface area (Å²) in [5.41, 5.74) is 3.40. The fraction of sp³-hybridized carbons (Fsp3) is 0.250. The molecular weight excluding hydrogens is 376 g/mol. The first-order valence-electron chi connectivity index (χ1n) is 8.74. The Morgan fingerprint density at radius 2 is 1.81 bits per heavy atom. The van der Waals surface area contributed by atoms with E-state index >= 15 is 0 Å². The molecule has 140 valence electrons. The zero-order valence-corrected chi connectivity index (χ0v) is 17.0. The van der Waals surface area contributed by atoms with Gasteiger partial charge in [-0.1, -0.05) is 72.5 Å². The van der Waals surface area contributed by atoms with Crippen LogP contribution in [0.1, 0.15) is 18.1 Å². The van der Waals surface area contributed by atoms with Crippen molar-refractivity contribution in [3.63, 3.8) is 0 Å². The van der Waals surface area contributed by atoms with E-state index in [-0.39, 0.29) is 5.91 Å². The molecule has 0 saturated heterocycles. The normalized spacial score (nSPS) is 10.6. The lowest BCUT2D eigenvalue weighted by Crippen LogP contribution is -2.27. The highest BCUT2D eigenvalue weighted by Gasteiger charge is 2.12. The van der Waals surface area contributed by atoms with Crippen molar-refractivity contribution in [2.45, 2.75) is 24.2 Å². The number of aryl methyl sites for hydroxylation is 1. The number of amides is 1. The molecule has 27 heavy (non-hydrogen) atoms. The summed E-state index contributed by atoms with van der Waals surface area (Å²) in [4.78, 5) is 14.1. The van der Waals surface area contributed by atoms with Gasteiger partial charge >= 0.3 is 0 Å². The van der Waals surface area contributed by atoms with Crippen molar-refractivity contribution in [2.75, 3.05) is 18.1 Å². The average molecular weight is 399 g/mol. The van der Waals surface area contributed by atoms with E-state index < -0.39 is 0 Å². The van der Waals surface area contributed by atoms with Crippen LogP contribution in [0.25, 0.3) is 0 Å². The van der Waals surface area contributed by atoms with E-state index in [1.807, 2.05) is 49.5 Å². The summed E-state index contributed by atoms with van der Waals surface area (Å²) in [6.07, 6.45) is 1.02. The maximum absolute atomic E-state index is 12.3. The van der Waals surface area contributed by atoms with Gasteiger partial charge in [-0.25, -0.2) is 0 Å². The Balaban J connectivity index is 1.49. The van der Waals surface area contributed by atoms with E-state index in [4.69, 9.17) is 0 Å². The van der Waals surface area contributed by atoms with Crippen molar-refractivity contribution in [2.24, 2.45) is 0 Å². The molecule has 0 radical (unpaired) electrons. The van der Waals surface area contributed by atoms with Gasteiger partial charge in [-0.15, -0.1) is 10.2 Å². The van der Waals surface area contributed by atoms with Crippen LogP contribution in [0.5, 0.6) is 0 Å². The third-order valence-corrected chi connectivity index (χ3v) is 5.98. The van der Waals surface area contributed by atoms with Crippen LogP contribution >= 0.6 is 23.1 Å². The minimum atomic E-state index is 0.0729. The highest BCUT2D eigenvalue weighted by molar-refractivity contribution is 8.01. The molecule has 0 atom stereocenters. The number of nitrogens with one attached hydrogen (secondary N) is 1. The number of rotatable bonds is 8. The summed E-state index contributed by atoms with van der Waals surface area (Å²) in [6.45, 7) is 2.74. The van der Waals surface area contributed by atoms with Gasteiger partial charge in [-0.05, 0) is 29.7 Å². The molecule has 5 nitrogen and oxygen atoms in total. The minimum absolute atomic E-state index is 0.0729. The molecule has 3 aromatic rings. The van der Waals surface area contributed by atoms with Crippen LogP contribution in [-0.2, 0) is 17.8 Å². The van der Waals surface area contributed by atoms with Gasteiger partial charge in [0, 0.05) is 19.3 Å². The number of thioether (sulfide) groups is 1. The first-order valence-corrected chi connectivity index (χ1v) is 10.5. The summed E-state index contributed by atoms with van der Waals surface area (Å²) >= 11 is 2.87. The average Bonchev–Trinajstić information content (AvgIpc) is 3.14. The summed E-state index contributed by atoms with van der Waals surface area (Å²) < 4.78 is 0.782. The molecule has 3 rings (SSSR count). The van der Waals surface area contributed by atoms with Crippen molar-refractivity contribution in [3.05, 3.63) is 65.7 Å². The SMILES string of the molecule is CCc1ccc(Nc2nnc(SCC(=O)N(C)Cc3ccccc3)s2)cc1. The van der Waals surface area contributed by atoms with Crippen molar-refractivity contribution in [1.29, 1.82) is 0 Å². The number of nitrogens with zero attached hydrogens (tertiary/aromatic N) is 3. The quantitative estimate of drug-likeness (QED) is 0.562. The van der Waals surface area contributed by atoms with Crippen LogP contribution in [0.15, 0.2) is 58.9 Å². The second-order valence-corrected chi connectivity index (χ2v) is 8.27. The molecule has 0 bridgehead atoms. The van der Waals surface area contributed by atoms with Gasteiger partial charge in [0.25, 0.3) is 0 Å². The second-order valence-electron chi connectivity index (χ2n) is 6.07.